The topological polar surface area (TPSA) is 135 Å². The van der Waals surface area contributed by atoms with Crippen LogP contribution in [0.5, 0.6) is 11.5 Å². The van der Waals surface area contributed by atoms with Crippen LogP contribution in [0.25, 0.3) is 0 Å². The van der Waals surface area contributed by atoms with Gasteiger partial charge in [-0.1, -0.05) is 12.1 Å². The summed E-state index contributed by atoms with van der Waals surface area (Å²) < 4.78 is 35.8. The van der Waals surface area contributed by atoms with Crippen LogP contribution in [0.15, 0.2) is 46.8 Å². The van der Waals surface area contributed by atoms with Gasteiger partial charge in [0.25, 0.3) is 0 Å². The van der Waals surface area contributed by atoms with Crippen LogP contribution in [0, 0.1) is 0 Å². The van der Waals surface area contributed by atoms with Crippen LogP contribution in [0.3, 0.4) is 0 Å². The maximum atomic E-state index is 11.0. The van der Waals surface area contributed by atoms with E-state index < -0.39 is 22.6 Å². The van der Waals surface area contributed by atoms with Crippen LogP contribution in [-0.2, 0) is 10.5 Å². The summed E-state index contributed by atoms with van der Waals surface area (Å²) in [5, 5.41) is 22.7. The van der Waals surface area contributed by atoms with E-state index in [1.54, 1.807) is 24.3 Å². The number of nitrogens with one attached hydrogen (secondary N) is 1. The Bertz CT molecular complexity index is 1070. The minimum atomic E-state index is -2.62. The average Bonchev–Trinajstić information content (AvgIpc) is 2.81. The van der Waals surface area contributed by atoms with Crippen molar-refractivity contribution < 1.29 is 32.9 Å². The van der Waals surface area contributed by atoms with Gasteiger partial charge in [0.2, 0.25) is 0 Å². The van der Waals surface area contributed by atoms with E-state index in [1.807, 2.05) is 12.1 Å². The van der Waals surface area contributed by atoms with Crippen LogP contribution in [0.1, 0.15) is 47.5 Å². The first kappa shape index (κ1) is 24.7. The Kier molecular flexibility index (Phi) is 8.81. The van der Waals surface area contributed by atoms with Crippen molar-refractivity contribution in [3.05, 3.63) is 53.6 Å². The molecule has 0 unspecified atom stereocenters. The van der Waals surface area contributed by atoms with Crippen molar-refractivity contribution in [2.75, 3.05) is 20.3 Å². The third kappa shape index (κ3) is 7.28. The Morgan fingerprint density at radius 3 is 2.45 bits per heavy atom. The molecule has 0 bridgehead atoms. The minimum absolute atomic E-state index is 0.0461. The molecule has 178 valence electrons. The number of carbonyl (C=O) groups is 1. The highest BCUT2D eigenvalue weighted by molar-refractivity contribution is 7.61. The van der Waals surface area contributed by atoms with E-state index in [2.05, 4.69) is 9.68 Å². The van der Waals surface area contributed by atoms with Gasteiger partial charge in [-0.05, 0) is 61.4 Å². The fraction of sp³-hybridized carbons (Fsp3) is 0.435. The van der Waals surface area contributed by atoms with E-state index in [1.165, 1.54) is 18.7 Å². The Labute approximate surface area is 194 Å². The predicted molar refractivity (Wildman–Crippen MR) is 122 cm³/mol. The molecule has 0 spiro atoms. The molecule has 1 aliphatic carbocycles. The number of aliphatic hydroxyl groups excluding tert-OH is 1. The summed E-state index contributed by atoms with van der Waals surface area (Å²) in [6.45, 7) is 0.422. The van der Waals surface area contributed by atoms with Gasteiger partial charge in [-0.15, -0.1) is 4.36 Å². The highest BCUT2D eigenvalue weighted by atomic mass is 32.2. The van der Waals surface area contributed by atoms with Gasteiger partial charge in [-0.25, -0.2) is 4.79 Å². The Balaban J connectivity index is 1.42. The van der Waals surface area contributed by atoms with E-state index >= 15 is 0 Å². The molecule has 1 saturated carbocycles. The maximum Gasteiger partial charge on any atom is 0.335 e. The van der Waals surface area contributed by atoms with Crippen molar-refractivity contribution in [1.82, 2.24) is 5.32 Å². The van der Waals surface area contributed by atoms with Gasteiger partial charge < -0.3 is 25.0 Å². The van der Waals surface area contributed by atoms with Crippen molar-refractivity contribution in [3.8, 4) is 11.5 Å². The standard InChI is InChI=1S/C23H28N2O7S/c1-31-22-11-10-20(12-21(22)25-33(29)30)32-14-19(26)13-24-18-8-6-16(7-9-18)15-2-4-17(5-3-15)23(27)28/h2-5,10-12,16,18-19,24,26H,6-9,13-14H2,1H3,(H,27,28)/t16?,18?,19-/m0/s1. The van der Waals surface area contributed by atoms with Crippen molar-refractivity contribution in [1.29, 1.82) is 0 Å². The van der Waals surface area contributed by atoms with Gasteiger partial charge in [0.15, 0.2) is 0 Å². The summed E-state index contributed by atoms with van der Waals surface area (Å²) in [7, 11) is -1.20. The molecule has 0 saturated heterocycles. The van der Waals surface area contributed by atoms with E-state index in [-0.39, 0.29) is 12.3 Å². The Hall–Kier alpha value is -2.95. The molecule has 0 amide bonds. The van der Waals surface area contributed by atoms with E-state index in [9.17, 15) is 18.3 Å². The van der Waals surface area contributed by atoms with Crippen LogP contribution < -0.4 is 14.8 Å². The SMILES string of the molecule is COc1ccc(OC[C@@H](O)CNC2CCC(c3ccc(C(=O)O)cc3)CC2)cc1N=S(=O)=O. The van der Waals surface area contributed by atoms with Crippen LogP contribution in [0.2, 0.25) is 0 Å². The summed E-state index contributed by atoms with van der Waals surface area (Å²) in [5.41, 5.74) is 1.59. The van der Waals surface area contributed by atoms with Gasteiger partial charge in [-0.3, -0.25) is 0 Å². The number of ether oxygens (including phenoxy) is 2. The van der Waals surface area contributed by atoms with E-state index in [0.29, 0.717) is 35.6 Å². The lowest BCUT2D eigenvalue weighted by Gasteiger charge is -2.30. The van der Waals surface area contributed by atoms with E-state index in [0.717, 1.165) is 25.7 Å². The quantitative estimate of drug-likeness (QED) is 0.476. The minimum Gasteiger partial charge on any atom is -0.494 e. The number of benzene rings is 2. The first-order valence-electron chi connectivity index (χ1n) is 10.7. The van der Waals surface area contributed by atoms with Crippen molar-refractivity contribution in [2.45, 2.75) is 43.7 Å². The van der Waals surface area contributed by atoms with Gasteiger partial charge in [0.1, 0.15) is 29.9 Å². The number of carboxylic acid groups (broad SMARTS) is 1. The summed E-state index contributed by atoms with van der Waals surface area (Å²) in [4.78, 5) is 11.0. The molecule has 0 aliphatic heterocycles. The third-order valence-electron chi connectivity index (χ3n) is 5.76. The van der Waals surface area contributed by atoms with Gasteiger partial charge >= 0.3 is 16.5 Å². The van der Waals surface area contributed by atoms with Gasteiger partial charge in [0, 0.05) is 18.7 Å². The lowest BCUT2D eigenvalue weighted by Crippen LogP contribution is -2.39. The Morgan fingerprint density at radius 1 is 1.15 bits per heavy atom. The summed E-state index contributed by atoms with van der Waals surface area (Å²) in [6.07, 6.45) is 3.19. The molecule has 1 fully saturated rings. The largest absolute Gasteiger partial charge is 0.494 e. The maximum absolute atomic E-state index is 11.0. The molecule has 33 heavy (non-hydrogen) atoms. The summed E-state index contributed by atoms with van der Waals surface area (Å²) in [6, 6.07) is 12.0. The molecule has 0 radical (unpaired) electrons. The second-order valence-corrected chi connectivity index (χ2v) is 8.61. The highest BCUT2D eigenvalue weighted by Gasteiger charge is 2.23. The monoisotopic (exact) mass is 476 g/mol. The highest BCUT2D eigenvalue weighted by Crippen LogP contribution is 2.33. The van der Waals surface area contributed by atoms with Crippen LogP contribution in [-0.4, -0.2) is 57.0 Å². The number of carboxylic acids is 1. The fourth-order valence-corrected chi connectivity index (χ4v) is 4.30. The second kappa shape index (κ2) is 11.8. The van der Waals surface area contributed by atoms with Crippen LogP contribution >= 0.6 is 0 Å². The predicted octanol–water partition coefficient (Wildman–Crippen LogP) is 3.14. The number of aliphatic hydroxyl groups is 1. The lowest BCUT2D eigenvalue weighted by atomic mass is 9.81. The normalized spacial score (nSPS) is 18.8. The number of rotatable bonds is 10. The molecule has 0 heterocycles. The molecule has 3 N–H and O–H groups in total. The summed E-state index contributed by atoms with van der Waals surface area (Å²) in [5.74, 6) is 0.186. The van der Waals surface area contributed by atoms with Crippen molar-refractivity contribution in [2.24, 2.45) is 4.36 Å². The summed E-state index contributed by atoms with van der Waals surface area (Å²) >= 11 is 0. The molecule has 2 aromatic rings. The number of hydrogen-bond acceptors (Lipinski definition) is 8. The zero-order chi connectivity index (χ0) is 23.8. The van der Waals surface area contributed by atoms with Crippen molar-refractivity contribution in [3.63, 3.8) is 0 Å². The fourth-order valence-electron chi connectivity index (χ4n) is 3.99. The van der Waals surface area contributed by atoms with E-state index in [4.69, 9.17) is 14.6 Å². The zero-order valence-electron chi connectivity index (χ0n) is 18.3. The van der Waals surface area contributed by atoms with Crippen LogP contribution in [0.4, 0.5) is 5.69 Å². The average molecular weight is 477 g/mol. The molecular weight excluding hydrogens is 448 g/mol. The number of methoxy groups -OCH3 is 1. The molecule has 1 aliphatic rings. The molecule has 10 heteroatoms. The zero-order valence-corrected chi connectivity index (χ0v) is 19.1. The Morgan fingerprint density at radius 2 is 1.85 bits per heavy atom. The molecular formula is C23H28N2O7S. The third-order valence-corrected chi connectivity index (χ3v) is 6.11. The molecule has 3 rings (SSSR count). The number of hydrogen-bond donors (Lipinski definition) is 3. The molecule has 2 aromatic carbocycles. The molecule has 0 aromatic heterocycles. The smallest absolute Gasteiger partial charge is 0.335 e. The second-order valence-electron chi connectivity index (χ2n) is 7.99. The molecule has 1 atom stereocenters. The lowest BCUT2D eigenvalue weighted by molar-refractivity contribution is 0.0696. The number of aromatic carboxylic acids is 1. The van der Waals surface area contributed by atoms with Crippen molar-refractivity contribution >= 4 is 22.2 Å². The number of nitrogens with zero attached hydrogens (tertiary/aromatic N) is 1. The van der Waals surface area contributed by atoms with Gasteiger partial charge in [0.05, 0.1) is 12.7 Å². The first-order chi connectivity index (χ1) is 15.9. The molecule has 9 nitrogen and oxygen atoms in total. The first-order valence-corrected chi connectivity index (χ1v) is 11.8. The van der Waals surface area contributed by atoms with Gasteiger partial charge in [-0.2, -0.15) is 8.42 Å².